The van der Waals surface area contributed by atoms with Crippen molar-refractivity contribution in [3.8, 4) is 0 Å². The molecule has 5 heterocycles. The Balaban J connectivity index is 0.00000871. The van der Waals surface area contributed by atoms with E-state index in [4.69, 9.17) is 10.6 Å². The fraction of sp³-hybridized carbons (Fsp3) is 0.381. The van der Waals surface area contributed by atoms with Crippen LogP contribution in [0.5, 0.6) is 0 Å². The third-order valence-corrected chi connectivity index (χ3v) is 11.1. The molecule has 8 N–H and O–H groups in total. The normalized spacial score (nSPS) is 18.8. The maximum atomic E-state index is 12.6. The number of aromatic nitrogens is 2. The first kappa shape index (κ1) is 48.8. The van der Waals surface area contributed by atoms with E-state index >= 15 is 0 Å². The molecule has 21 heteroatoms. The number of fused-ring (bicyclic) bond motifs is 8. The van der Waals surface area contributed by atoms with Gasteiger partial charge in [-0.25, -0.2) is 0 Å². The second kappa shape index (κ2) is 19.5. The van der Waals surface area contributed by atoms with Gasteiger partial charge in [0, 0.05) is 36.5 Å². The summed E-state index contributed by atoms with van der Waals surface area (Å²) in [6.45, 7) is 2.97. The van der Waals surface area contributed by atoms with Crippen LogP contribution in [0.25, 0.3) is 28.9 Å². The molecule has 0 aliphatic carbocycles. The van der Waals surface area contributed by atoms with Crippen LogP contribution in [-0.4, -0.2) is 88.6 Å². The van der Waals surface area contributed by atoms with Gasteiger partial charge in [-0.15, -0.1) is 33.5 Å². The van der Waals surface area contributed by atoms with E-state index in [0.29, 0.717) is 0 Å². The molecule has 0 amide bonds. The second-order valence-corrected chi connectivity index (χ2v) is 15.5. The van der Waals surface area contributed by atoms with Gasteiger partial charge in [0.15, 0.2) is 0 Å². The van der Waals surface area contributed by atoms with Crippen molar-refractivity contribution in [2.75, 3.05) is 0 Å². The Hall–Kier alpha value is -6.86. The zero-order chi connectivity index (χ0) is 45.8. The SMILES string of the molecule is CC1(CC(=O)O)C2=Cc3[n-]c(c(CCC(=O)O)c3CC(=O)O)C=c3[n-]c(c(CC(=O)O)c3CCC(=O)O)=CC3=C(CCC(=O)O)C(C)(CC(=O)O)C(=CC(=C1CCC(=O)O)[N-]2)[N-]3.[Fe+4]. The van der Waals surface area contributed by atoms with Gasteiger partial charge in [-0.2, -0.15) is 11.4 Å². The summed E-state index contributed by atoms with van der Waals surface area (Å²) in [5.74, 6) is -10.4. The van der Waals surface area contributed by atoms with Crippen LogP contribution in [0.1, 0.15) is 98.9 Å². The van der Waals surface area contributed by atoms with Crippen LogP contribution in [0.3, 0.4) is 0 Å². The quantitative estimate of drug-likeness (QED) is 0.0885. The van der Waals surface area contributed by atoms with Gasteiger partial charge < -0.3 is 61.5 Å². The van der Waals surface area contributed by atoms with E-state index in [1.165, 1.54) is 38.2 Å². The number of allylic oxidation sites excluding steroid dienone is 4. The molecular weight excluding hydrogens is 872 g/mol. The molecule has 2 unspecified atom stereocenters. The van der Waals surface area contributed by atoms with Crippen molar-refractivity contribution < 1.29 is 96.3 Å². The Morgan fingerprint density at radius 3 is 1.30 bits per heavy atom. The molecule has 2 atom stereocenters. The summed E-state index contributed by atoms with van der Waals surface area (Å²) in [6, 6.07) is 0. The van der Waals surface area contributed by atoms with Gasteiger partial charge in [-0.3, -0.25) is 38.4 Å². The molecule has 0 saturated carbocycles. The standard InChI is InChI=1S/C42H42N4O16.Fe/c1-41(17-39(59)60)23(5-9-35(51)52)29-14-27-21(11-37(55)56)19(3-7-33(47)48)25(43-27)13-26-20(4-8-34(49)50)22(12-38(57)58)28(44-26)15-31-42(2,18-40(61)62)24(6-10-36(53)54)30(46-31)16-32(41)45-29;/h13-16H,3-12,17-18H2,1-2H3,(H,47,48)(H,49,50)(H,51,52)(H,53,54)(H,55,56)(H,57,58)(H,59,60)(H,61,62);/q-4;+4. The minimum atomic E-state index is -1.61. The minimum absolute atomic E-state index is 0. The second-order valence-electron chi connectivity index (χ2n) is 15.5. The van der Waals surface area contributed by atoms with Crippen LogP contribution in [0, 0.1) is 10.8 Å². The summed E-state index contributed by atoms with van der Waals surface area (Å²) in [5.41, 5.74) is -2.71. The zero-order valence-corrected chi connectivity index (χ0v) is 34.9. The summed E-state index contributed by atoms with van der Waals surface area (Å²) in [4.78, 5) is 107. The van der Waals surface area contributed by atoms with Crippen molar-refractivity contribution in [2.45, 2.75) is 90.9 Å². The molecule has 0 aromatic carbocycles. The van der Waals surface area contributed by atoms with Crippen molar-refractivity contribution in [3.05, 3.63) is 95.0 Å². The third kappa shape index (κ3) is 11.0. The number of carbonyl (C=O) groups is 8. The summed E-state index contributed by atoms with van der Waals surface area (Å²) >= 11 is 0. The molecule has 0 spiro atoms. The molecule has 63 heavy (non-hydrogen) atoms. The van der Waals surface area contributed by atoms with E-state index in [-0.39, 0.29) is 121 Å². The maximum Gasteiger partial charge on any atom is 4.00 e. The Labute approximate surface area is 368 Å². The average Bonchev–Trinajstić information content (AvgIpc) is 3.77. The van der Waals surface area contributed by atoms with E-state index in [1.807, 2.05) is 0 Å². The Bertz CT molecular complexity index is 2560. The first-order valence-electron chi connectivity index (χ1n) is 19.2. The number of nitrogens with zero attached hydrogens (tertiary/aromatic N) is 4. The van der Waals surface area contributed by atoms with Gasteiger partial charge in [0.05, 0.1) is 25.7 Å². The van der Waals surface area contributed by atoms with Gasteiger partial charge in [0.25, 0.3) is 0 Å². The number of hydrogen-bond donors (Lipinski definition) is 8. The molecular formula is C42H42FeN4O16. The molecule has 20 nitrogen and oxygen atoms in total. The Morgan fingerprint density at radius 2 is 0.841 bits per heavy atom. The van der Waals surface area contributed by atoms with E-state index in [2.05, 4.69) is 9.97 Å². The number of hydrogen-bond acceptors (Lipinski definition) is 8. The number of rotatable bonds is 20. The van der Waals surface area contributed by atoms with Gasteiger partial charge in [-0.1, -0.05) is 60.4 Å². The first-order chi connectivity index (χ1) is 29.0. The van der Waals surface area contributed by atoms with E-state index < -0.39 is 110 Å². The van der Waals surface area contributed by atoms with E-state index in [0.717, 1.165) is 0 Å². The van der Waals surface area contributed by atoms with Crippen LogP contribution in [-0.2, 0) is 81.1 Å². The fourth-order valence-corrected chi connectivity index (χ4v) is 8.27. The van der Waals surface area contributed by atoms with Crippen molar-refractivity contribution in [1.29, 1.82) is 0 Å². The van der Waals surface area contributed by atoms with Gasteiger partial charge in [-0.05, 0) is 36.8 Å². The van der Waals surface area contributed by atoms with Crippen LogP contribution < -0.4 is 20.7 Å². The third-order valence-electron chi connectivity index (χ3n) is 11.1. The van der Waals surface area contributed by atoms with Crippen LogP contribution >= 0.6 is 0 Å². The topological polar surface area (TPSA) is 355 Å². The summed E-state index contributed by atoms with van der Waals surface area (Å²) in [7, 11) is 0. The number of carboxylic acids is 8. The molecule has 3 aliphatic heterocycles. The molecule has 2 aromatic heterocycles. The zero-order valence-electron chi connectivity index (χ0n) is 33.8. The average molecular weight is 915 g/mol. The van der Waals surface area contributed by atoms with Crippen LogP contribution in [0.15, 0.2) is 40.0 Å². The van der Waals surface area contributed by atoms with E-state index in [9.17, 15) is 79.2 Å². The molecule has 0 saturated heterocycles. The number of carboxylic acid groups (broad SMARTS) is 8. The van der Waals surface area contributed by atoms with Gasteiger partial charge >= 0.3 is 64.8 Å². The first-order valence-corrected chi connectivity index (χ1v) is 19.2. The fourth-order valence-electron chi connectivity index (χ4n) is 8.27. The predicted octanol–water partition coefficient (Wildman–Crippen LogP) is 2.71. The summed E-state index contributed by atoms with van der Waals surface area (Å²) in [6.07, 6.45) is -0.609. The molecule has 2 aromatic rings. The van der Waals surface area contributed by atoms with Crippen molar-refractivity contribution in [1.82, 2.24) is 9.97 Å². The van der Waals surface area contributed by atoms with Gasteiger partial charge in [0.1, 0.15) is 0 Å². The van der Waals surface area contributed by atoms with Crippen molar-refractivity contribution in [2.24, 2.45) is 10.8 Å². The monoisotopic (exact) mass is 914 g/mol. The Morgan fingerprint density at radius 1 is 0.444 bits per heavy atom. The molecule has 3 aliphatic rings. The largest absolute Gasteiger partial charge is 4.00 e. The maximum absolute atomic E-state index is 12.6. The van der Waals surface area contributed by atoms with Crippen molar-refractivity contribution >= 4 is 66.0 Å². The van der Waals surface area contributed by atoms with Gasteiger partial charge in [0.2, 0.25) is 0 Å². The molecule has 334 valence electrons. The van der Waals surface area contributed by atoms with E-state index in [1.54, 1.807) is 0 Å². The summed E-state index contributed by atoms with van der Waals surface area (Å²) < 4.78 is 0. The summed E-state index contributed by atoms with van der Waals surface area (Å²) in [5, 5.41) is 88.9. The molecule has 0 radical (unpaired) electrons. The Kier molecular flexibility index (Phi) is 15.1. The van der Waals surface area contributed by atoms with Crippen LogP contribution in [0.2, 0.25) is 0 Å². The molecule has 5 rings (SSSR count). The molecule has 0 fully saturated rings. The smallest absolute Gasteiger partial charge is 0.661 e. The van der Waals surface area contributed by atoms with Crippen molar-refractivity contribution in [3.63, 3.8) is 0 Å². The minimum Gasteiger partial charge on any atom is -0.661 e. The molecule has 8 bridgehead atoms. The predicted molar refractivity (Wildman–Crippen MR) is 213 cm³/mol. The van der Waals surface area contributed by atoms with Crippen LogP contribution in [0.4, 0.5) is 0 Å². The number of aliphatic carboxylic acids is 8.